The molecule has 1 N–H and O–H groups in total. The first-order valence-corrected chi connectivity index (χ1v) is 8.51. The minimum absolute atomic E-state index is 0.000225. The van der Waals surface area contributed by atoms with E-state index in [0.29, 0.717) is 23.1 Å². The minimum Gasteiger partial charge on any atom is -0.326 e. The maximum Gasteiger partial charge on any atom is 0.269 e. The molecule has 4 rings (SSSR count). The van der Waals surface area contributed by atoms with Crippen molar-refractivity contribution in [3.05, 3.63) is 64.2 Å². The molecule has 0 saturated heterocycles. The third-order valence-electron chi connectivity index (χ3n) is 4.30. The molecule has 1 saturated carbocycles. The second-order valence-corrected chi connectivity index (χ2v) is 6.41. The summed E-state index contributed by atoms with van der Waals surface area (Å²) in [6.07, 6.45) is 2.27. The predicted molar refractivity (Wildman–Crippen MR) is 97.0 cm³/mol. The van der Waals surface area contributed by atoms with Gasteiger partial charge in [-0.15, -0.1) is 5.10 Å². The van der Waals surface area contributed by atoms with E-state index >= 15 is 0 Å². The van der Waals surface area contributed by atoms with Crippen LogP contribution in [0.1, 0.15) is 24.4 Å². The predicted octanol–water partition coefficient (Wildman–Crippen LogP) is 2.76. The number of anilines is 1. The summed E-state index contributed by atoms with van der Waals surface area (Å²) >= 11 is 0. The average molecular weight is 364 g/mol. The fourth-order valence-corrected chi connectivity index (χ4v) is 2.81. The van der Waals surface area contributed by atoms with Gasteiger partial charge in [-0.25, -0.2) is 4.68 Å². The molecule has 0 unspecified atom stereocenters. The Morgan fingerprint density at radius 3 is 2.70 bits per heavy atom. The van der Waals surface area contributed by atoms with Crippen LogP contribution in [0.15, 0.2) is 48.5 Å². The number of hydrogen-bond acceptors (Lipinski definition) is 6. The molecule has 9 heteroatoms. The molecule has 0 radical (unpaired) electrons. The minimum atomic E-state index is -0.468. The van der Waals surface area contributed by atoms with Crippen molar-refractivity contribution in [2.24, 2.45) is 0 Å². The van der Waals surface area contributed by atoms with Crippen LogP contribution in [0.25, 0.3) is 11.4 Å². The van der Waals surface area contributed by atoms with E-state index in [2.05, 4.69) is 20.8 Å². The second kappa shape index (κ2) is 6.94. The Hall–Kier alpha value is -3.62. The summed E-state index contributed by atoms with van der Waals surface area (Å²) in [6.45, 7) is 0. The smallest absolute Gasteiger partial charge is 0.269 e. The number of nitrogens with zero attached hydrogens (tertiary/aromatic N) is 5. The monoisotopic (exact) mass is 364 g/mol. The Bertz CT molecular complexity index is 994. The molecule has 2 aromatic carbocycles. The number of carbonyl (C=O) groups excluding carboxylic acids is 1. The number of hydrogen-bond donors (Lipinski definition) is 1. The number of non-ortho nitro benzene ring substituents is 1. The van der Waals surface area contributed by atoms with Gasteiger partial charge in [-0.1, -0.05) is 24.3 Å². The lowest BCUT2D eigenvalue weighted by Gasteiger charge is -2.08. The van der Waals surface area contributed by atoms with E-state index in [9.17, 15) is 14.9 Å². The van der Waals surface area contributed by atoms with E-state index in [-0.39, 0.29) is 18.0 Å². The van der Waals surface area contributed by atoms with E-state index < -0.39 is 4.92 Å². The molecule has 27 heavy (non-hydrogen) atoms. The van der Waals surface area contributed by atoms with Crippen LogP contribution in [0.5, 0.6) is 0 Å². The SMILES string of the molecule is O=C(Cc1ccc([N+](=O)[O-])cc1)Nc1cccc(-c2nnnn2C2CC2)c1. The van der Waals surface area contributed by atoms with Crippen LogP contribution in [-0.2, 0) is 11.2 Å². The van der Waals surface area contributed by atoms with Gasteiger partial charge in [-0.05, 0) is 41.0 Å². The van der Waals surface area contributed by atoms with Crippen molar-refractivity contribution in [2.45, 2.75) is 25.3 Å². The number of carbonyl (C=O) groups is 1. The molecule has 1 amide bonds. The maximum atomic E-state index is 12.3. The van der Waals surface area contributed by atoms with Crippen molar-refractivity contribution in [1.29, 1.82) is 0 Å². The van der Waals surface area contributed by atoms with Crippen LogP contribution >= 0.6 is 0 Å². The van der Waals surface area contributed by atoms with Crippen LogP contribution < -0.4 is 5.32 Å². The zero-order valence-electron chi connectivity index (χ0n) is 14.3. The first-order valence-electron chi connectivity index (χ1n) is 8.51. The number of nitro groups is 1. The van der Waals surface area contributed by atoms with Crippen molar-refractivity contribution in [2.75, 3.05) is 5.32 Å². The Balaban J connectivity index is 1.45. The molecule has 1 heterocycles. The zero-order valence-corrected chi connectivity index (χ0v) is 14.3. The highest BCUT2D eigenvalue weighted by Gasteiger charge is 2.28. The first-order chi connectivity index (χ1) is 13.1. The summed E-state index contributed by atoms with van der Waals surface area (Å²) in [6, 6.07) is 13.7. The lowest BCUT2D eigenvalue weighted by atomic mass is 10.1. The van der Waals surface area contributed by atoms with Crippen molar-refractivity contribution in [3.8, 4) is 11.4 Å². The van der Waals surface area contributed by atoms with Gasteiger partial charge in [0, 0.05) is 23.4 Å². The average Bonchev–Trinajstić information content (AvgIpc) is 3.38. The molecule has 136 valence electrons. The molecule has 0 atom stereocenters. The molecule has 0 bridgehead atoms. The number of benzene rings is 2. The number of amides is 1. The van der Waals surface area contributed by atoms with Crippen molar-refractivity contribution >= 4 is 17.3 Å². The fraction of sp³-hybridized carbons (Fsp3) is 0.222. The van der Waals surface area contributed by atoms with E-state index in [0.717, 1.165) is 18.4 Å². The van der Waals surface area contributed by atoms with Gasteiger partial charge in [0.05, 0.1) is 17.4 Å². The largest absolute Gasteiger partial charge is 0.326 e. The fourth-order valence-electron chi connectivity index (χ4n) is 2.81. The standard InChI is InChI=1S/C18H16N6O3/c25-17(10-12-4-6-16(7-5-12)24(26)27)19-14-3-1-2-13(11-14)18-20-21-22-23(18)15-8-9-15/h1-7,11,15H,8-10H2,(H,19,25). The van der Waals surface area contributed by atoms with Gasteiger partial charge < -0.3 is 5.32 Å². The topological polar surface area (TPSA) is 116 Å². The lowest BCUT2D eigenvalue weighted by Crippen LogP contribution is -2.14. The third-order valence-corrected chi connectivity index (χ3v) is 4.30. The number of nitro benzene ring substituents is 1. The maximum absolute atomic E-state index is 12.3. The normalized spacial score (nSPS) is 13.3. The van der Waals surface area contributed by atoms with E-state index in [1.165, 1.54) is 12.1 Å². The van der Waals surface area contributed by atoms with Gasteiger partial charge >= 0.3 is 0 Å². The van der Waals surface area contributed by atoms with Gasteiger partial charge in [-0.2, -0.15) is 0 Å². The molecule has 1 fully saturated rings. The van der Waals surface area contributed by atoms with Gasteiger partial charge in [0.15, 0.2) is 5.82 Å². The van der Waals surface area contributed by atoms with Crippen molar-refractivity contribution in [3.63, 3.8) is 0 Å². The van der Waals surface area contributed by atoms with Gasteiger partial charge in [-0.3, -0.25) is 14.9 Å². The Morgan fingerprint density at radius 1 is 1.22 bits per heavy atom. The summed E-state index contributed by atoms with van der Waals surface area (Å²) < 4.78 is 1.82. The molecule has 3 aromatic rings. The lowest BCUT2D eigenvalue weighted by molar-refractivity contribution is -0.384. The number of tetrazole rings is 1. The highest BCUT2D eigenvalue weighted by molar-refractivity contribution is 5.92. The summed E-state index contributed by atoms with van der Waals surface area (Å²) in [4.78, 5) is 22.5. The molecule has 9 nitrogen and oxygen atoms in total. The molecule has 0 aliphatic heterocycles. The summed E-state index contributed by atoms with van der Waals surface area (Å²) in [5.74, 6) is 0.478. The van der Waals surface area contributed by atoms with E-state index in [4.69, 9.17) is 0 Å². The van der Waals surface area contributed by atoms with Crippen LogP contribution in [-0.4, -0.2) is 31.0 Å². The highest BCUT2D eigenvalue weighted by Crippen LogP contribution is 2.36. The summed E-state index contributed by atoms with van der Waals surface area (Å²) in [7, 11) is 0. The van der Waals surface area contributed by atoms with Crippen LogP contribution in [0.4, 0.5) is 11.4 Å². The van der Waals surface area contributed by atoms with Crippen molar-refractivity contribution < 1.29 is 9.72 Å². The molecular formula is C18H16N6O3. The van der Waals surface area contributed by atoms with Gasteiger partial charge in [0.25, 0.3) is 5.69 Å². The molecule has 1 aromatic heterocycles. The van der Waals surface area contributed by atoms with Crippen LogP contribution in [0, 0.1) is 10.1 Å². The van der Waals surface area contributed by atoms with Gasteiger partial charge in [0.1, 0.15) is 0 Å². The Kier molecular flexibility index (Phi) is 4.33. The number of aromatic nitrogens is 4. The molecular weight excluding hydrogens is 348 g/mol. The highest BCUT2D eigenvalue weighted by atomic mass is 16.6. The second-order valence-electron chi connectivity index (χ2n) is 6.41. The molecule has 0 spiro atoms. The first kappa shape index (κ1) is 16.8. The van der Waals surface area contributed by atoms with E-state index in [1.54, 1.807) is 18.2 Å². The third kappa shape index (κ3) is 3.81. The van der Waals surface area contributed by atoms with Gasteiger partial charge in [0.2, 0.25) is 5.91 Å². The van der Waals surface area contributed by atoms with Crippen LogP contribution in [0.2, 0.25) is 0 Å². The van der Waals surface area contributed by atoms with E-state index in [1.807, 2.05) is 22.9 Å². The Morgan fingerprint density at radius 2 is 2.00 bits per heavy atom. The summed E-state index contributed by atoms with van der Waals surface area (Å²) in [5, 5.41) is 25.4. The quantitative estimate of drug-likeness (QED) is 0.531. The van der Waals surface area contributed by atoms with Crippen LogP contribution in [0.3, 0.4) is 0 Å². The van der Waals surface area contributed by atoms with Crippen molar-refractivity contribution in [1.82, 2.24) is 20.2 Å². The summed E-state index contributed by atoms with van der Waals surface area (Å²) in [5.41, 5.74) is 2.18. The molecule has 1 aliphatic rings. The zero-order chi connectivity index (χ0) is 18.8. The Labute approximate surface area is 154 Å². The number of nitrogens with one attached hydrogen (secondary N) is 1. The molecule has 1 aliphatic carbocycles. The number of rotatable bonds is 6.